The molecule has 104 valence electrons. The van der Waals surface area contributed by atoms with Gasteiger partial charge in [-0.25, -0.2) is 0 Å². The van der Waals surface area contributed by atoms with Crippen LogP contribution in [0, 0.1) is 5.92 Å². The summed E-state index contributed by atoms with van der Waals surface area (Å²) >= 11 is 1.25. The predicted octanol–water partition coefficient (Wildman–Crippen LogP) is 2.21. The van der Waals surface area contributed by atoms with Crippen LogP contribution >= 0.6 is 11.8 Å². The molecule has 0 bridgehead atoms. The first-order valence-corrected chi connectivity index (χ1v) is 7.11. The van der Waals surface area contributed by atoms with Crippen molar-refractivity contribution in [2.75, 3.05) is 5.75 Å². The molecule has 0 spiro atoms. The summed E-state index contributed by atoms with van der Waals surface area (Å²) in [6.07, 6.45) is 0. The summed E-state index contributed by atoms with van der Waals surface area (Å²) in [6.45, 7) is 5.26. The first-order chi connectivity index (χ1) is 8.91. The van der Waals surface area contributed by atoms with Crippen LogP contribution < -0.4 is 5.32 Å². The summed E-state index contributed by atoms with van der Waals surface area (Å²) < 4.78 is 0. The third-order valence-electron chi connectivity index (χ3n) is 2.65. The number of phenols is 1. The van der Waals surface area contributed by atoms with E-state index in [9.17, 15) is 14.7 Å². The predicted molar refractivity (Wildman–Crippen MR) is 76.3 cm³/mol. The number of carbonyl (C=O) groups is 2. The van der Waals surface area contributed by atoms with Crippen molar-refractivity contribution in [3.8, 4) is 5.75 Å². The molecule has 0 fully saturated rings. The average molecular weight is 281 g/mol. The van der Waals surface area contributed by atoms with Crippen molar-refractivity contribution in [3.05, 3.63) is 24.3 Å². The number of para-hydroxylation sites is 1. The van der Waals surface area contributed by atoms with Crippen molar-refractivity contribution in [2.24, 2.45) is 5.92 Å². The standard InChI is InChI=1S/C14H19NO3S/c1-9(2)14(10(3)16)15-13(18)8-19-12-7-5-4-6-11(12)17/h4-7,9,14,17H,8H2,1-3H3,(H,15,18). The van der Waals surface area contributed by atoms with Gasteiger partial charge in [0.2, 0.25) is 5.91 Å². The lowest BCUT2D eigenvalue weighted by molar-refractivity contribution is -0.126. The number of carbonyl (C=O) groups excluding carboxylic acids is 2. The molecule has 5 heteroatoms. The van der Waals surface area contributed by atoms with Gasteiger partial charge in [-0.1, -0.05) is 26.0 Å². The zero-order valence-corrected chi connectivity index (χ0v) is 12.2. The molecular weight excluding hydrogens is 262 g/mol. The highest BCUT2D eigenvalue weighted by Gasteiger charge is 2.20. The molecule has 1 aromatic rings. The summed E-state index contributed by atoms with van der Waals surface area (Å²) in [7, 11) is 0. The normalized spacial score (nSPS) is 12.2. The number of benzene rings is 1. The third-order valence-corrected chi connectivity index (χ3v) is 3.71. The molecule has 0 aliphatic carbocycles. The van der Waals surface area contributed by atoms with Gasteiger partial charge >= 0.3 is 0 Å². The SMILES string of the molecule is CC(=O)C(NC(=O)CSc1ccccc1O)C(C)C. The van der Waals surface area contributed by atoms with Crippen molar-refractivity contribution in [3.63, 3.8) is 0 Å². The van der Waals surface area contributed by atoms with Crippen molar-refractivity contribution >= 4 is 23.5 Å². The number of thioether (sulfide) groups is 1. The van der Waals surface area contributed by atoms with Crippen LogP contribution in [0.15, 0.2) is 29.2 Å². The number of hydrogen-bond donors (Lipinski definition) is 2. The quantitative estimate of drug-likeness (QED) is 0.785. The summed E-state index contributed by atoms with van der Waals surface area (Å²) in [6, 6.07) is 6.40. The summed E-state index contributed by atoms with van der Waals surface area (Å²) in [5.74, 6) is 0.149. The molecule has 19 heavy (non-hydrogen) atoms. The van der Waals surface area contributed by atoms with E-state index in [2.05, 4.69) is 5.32 Å². The number of nitrogens with one attached hydrogen (secondary N) is 1. The lowest BCUT2D eigenvalue weighted by atomic mass is 10.0. The average Bonchev–Trinajstić information content (AvgIpc) is 2.34. The van der Waals surface area contributed by atoms with Crippen LogP contribution in [-0.4, -0.2) is 28.6 Å². The third kappa shape index (κ3) is 4.95. The van der Waals surface area contributed by atoms with Gasteiger partial charge < -0.3 is 10.4 Å². The molecule has 1 unspecified atom stereocenters. The highest BCUT2D eigenvalue weighted by atomic mass is 32.2. The monoisotopic (exact) mass is 281 g/mol. The lowest BCUT2D eigenvalue weighted by Crippen LogP contribution is -2.44. The molecule has 0 aliphatic rings. The molecule has 1 amide bonds. The second kappa shape index (κ2) is 7.19. The van der Waals surface area contributed by atoms with E-state index in [4.69, 9.17) is 0 Å². The van der Waals surface area contributed by atoms with Crippen molar-refractivity contribution in [1.82, 2.24) is 5.32 Å². The van der Waals surface area contributed by atoms with Gasteiger partial charge in [-0.15, -0.1) is 11.8 Å². The van der Waals surface area contributed by atoms with Gasteiger partial charge in [0.15, 0.2) is 5.78 Å². The van der Waals surface area contributed by atoms with E-state index in [1.165, 1.54) is 18.7 Å². The number of ketones is 1. The highest BCUT2D eigenvalue weighted by molar-refractivity contribution is 8.00. The van der Waals surface area contributed by atoms with Crippen LogP contribution in [-0.2, 0) is 9.59 Å². The zero-order valence-electron chi connectivity index (χ0n) is 11.3. The molecule has 1 atom stereocenters. The Bertz CT molecular complexity index is 460. The zero-order chi connectivity index (χ0) is 14.4. The van der Waals surface area contributed by atoms with Gasteiger partial charge in [0.25, 0.3) is 0 Å². The Balaban J connectivity index is 2.52. The largest absolute Gasteiger partial charge is 0.507 e. The van der Waals surface area contributed by atoms with E-state index in [0.29, 0.717) is 4.90 Å². The van der Waals surface area contributed by atoms with Crippen LogP contribution in [0.3, 0.4) is 0 Å². The number of Topliss-reactive ketones (excluding diaryl/α,β-unsaturated/α-hetero) is 1. The van der Waals surface area contributed by atoms with Crippen molar-refractivity contribution in [1.29, 1.82) is 0 Å². The highest BCUT2D eigenvalue weighted by Crippen LogP contribution is 2.27. The van der Waals surface area contributed by atoms with Gasteiger partial charge in [-0.2, -0.15) is 0 Å². The smallest absolute Gasteiger partial charge is 0.230 e. The van der Waals surface area contributed by atoms with E-state index >= 15 is 0 Å². The van der Waals surface area contributed by atoms with Crippen LogP contribution in [0.5, 0.6) is 5.75 Å². The maximum atomic E-state index is 11.8. The van der Waals surface area contributed by atoms with Gasteiger partial charge in [-0.05, 0) is 25.0 Å². The number of aromatic hydroxyl groups is 1. The van der Waals surface area contributed by atoms with Crippen molar-refractivity contribution in [2.45, 2.75) is 31.7 Å². The number of amides is 1. The molecule has 4 nitrogen and oxygen atoms in total. The summed E-state index contributed by atoms with van der Waals surface area (Å²) in [5, 5.41) is 12.3. The molecule has 0 aliphatic heterocycles. The lowest BCUT2D eigenvalue weighted by Gasteiger charge is -2.19. The fourth-order valence-corrected chi connectivity index (χ4v) is 2.44. The fraction of sp³-hybridized carbons (Fsp3) is 0.429. The molecule has 0 aromatic heterocycles. The Labute approximate surface area is 117 Å². The van der Waals surface area contributed by atoms with E-state index in [1.807, 2.05) is 13.8 Å². The van der Waals surface area contributed by atoms with Crippen LogP contribution in [0.1, 0.15) is 20.8 Å². The second-order valence-corrected chi connectivity index (χ2v) is 5.67. The number of hydrogen-bond acceptors (Lipinski definition) is 4. The first kappa shape index (κ1) is 15.6. The Morgan fingerprint density at radius 3 is 2.47 bits per heavy atom. The van der Waals surface area contributed by atoms with Crippen LogP contribution in [0.25, 0.3) is 0 Å². The number of phenolic OH excluding ortho intramolecular Hbond substituents is 1. The molecular formula is C14H19NO3S. The fourth-order valence-electron chi connectivity index (χ4n) is 1.68. The molecule has 2 N–H and O–H groups in total. The minimum atomic E-state index is -0.447. The van der Waals surface area contributed by atoms with Gasteiger partial charge in [-0.3, -0.25) is 9.59 Å². The minimum absolute atomic E-state index is 0.0455. The van der Waals surface area contributed by atoms with Crippen molar-refractivity contribution < 1.29 is 14.7 Å². The van der Waals surface area contributed by atoms with Crippen LogP contribution in [0.4, 0.5) is 0 Å². The maximum absolute atomic E-state index is 11.8. The van der Waals surface area contributed by atoms with E-state index in [-0.39, 0.29) is 29.1 Å². The van der Waals surface area contributed by atoms with Gasteiger partial charge in [0.05, 0.1) is 11.8 Å². The van der Waals surface area contributed by atoms with Gasteiger partial charge in [0, 0.05) is 4.90 Å². The topological polar surface area (TPSA) is 66.4 Å². The molecule has 0 radical (unpaired) electrons. The van der Waals surface area contributed by atoms with Gasteiger partial charge in [0.1, 0.15) is 5.75 Å². The summed E-state index contributed by atoms with van der Waals surface area (Å²) in [4.78, 5) is 23.8. The Kier molecular flexibility index (Phi) is 5.89. The molecule has 1 aromatic carbocycles. The molecule has 0 saturated carbocycles. The Morgan fingerprint density at radius 2 is 1.95 bits per heavy atom. The van der Waals surface area contributed by atoms with E-state index in [0.717, 1.165) is 0 Å². The molecule has 0 heterocycles. The Morgan fingerprint density at radius 1 is 1.32 bits per heavy atom. The Hall–Kier alpha value is -1.49. The first-order valence-electron chi connectivity index (χ1n) is 6.12. The molecule has 1 rings (SSSR count). The minimum Gasteiger partial charge on any atom is -0.507 e. The van der Waals surface area contributed by atoms with E-state index in [1.54, 1.807) is 24.3 Å². The van der Waals surface area contributed by atoms with Crippen LogP contribution in [0.2, 0.25) is 0 Å². The van der Waals surface area contributed by atoms with E-state index < -0.39 is 6.04 Å². The molecule has 0 saturated heterocycles. The summed E-state index contributed by atoms with van der Waals surface area (Å²) in [5.41, 5.74) is 0. The number of rotatable bonds is 6. The maximum Gasteiger partial charge on any atom is 0.230 e. The second-order valence-electron chi connectivity index (χ2n) is 4.66.